The van der Waals surface area contributed by atoms with E-state index in [0.717, 1.165) is 61.7 Å². The van der Waals surface area contributed by atoms with Crippen LogP contribution in [0.1, 0.15) is 49.7 Å². The van der Waals surface area contributed by atoms with Crippen molar-refractivity contribution in [1.29, 1.82) is 0 Å². The third-order valence-corrected chi connectivity index (χ3v) is 10.3. The zero-order valence-electron chi connectivity index (χ0n) is 29.4. The SMILES string of the molecule is C1=CN(c2ccccc2)CN1CCCCN1C=CN(c2ccc(CCCCCCc3ccc(-c4ccccn4)c4oc5ccccc5c34)cc2)C1. The van der Waals surface area contributed by atoms with E-state index in [4.69, 9.17) is 4.42 Å². The fourth-order valence-electron chi connectivity index (χ4n) is 7.49. The minimum Gasteiger partial charge on any atom is -0.455 e. The van der Waals surface area contributed by atoms with Gasteiger partial charge in [-0.05, 0) is 98.2 Å². The van der Waals surface area contributed by atoms with Gasteiger partial charge in [0.25, 0.3) is 0 Å². The number of aromatic nitrogens is 1. The molecule has 2 aromatic heterocycles. The van der Waals surface area contributed by atoms with Crippen LogP contribution in [0.2, 0.25) is 0 Å². The molecule has 0 radical (unpaired) electrons. The van der Waals surface area contributed by atoms with Crippen molar-refractivity contribution < 1.29 is 4.42 Å². The fourth-order valence-corrected chi connectivity index (χ4v) is 7.49. The molecule has 2 aliphatic rings. The second-order valence-corrected chi connectivity index (χ2v) is 13.9. The number of unbranched alkanes of at least 4 members (excludes halogenated alkanes) is 4. The van der Waals surface area contributed by atoms with Crippen molar-refractivity contribution in [2.75, 3.05) is 36.2 Å². The largest absolute Gasteiger partial charge is 0.455 e. The summed E-state index contributed by atoms with van der Waals surface area (Å²) in [4.78, 5) is 14.1. The van der Waals surface area contributed by atoms with E-state index in [1.54, 1.807) is 0 Å². The summed E-state index contributed by atoms with van der Waals surface area (Å²) < 4.78 is 6.41. The van der Waals surface area contributed by atoms with Crippen LogP contribution in [-0.4, -0.2) is 41.2 Å². The molecule has 258 valence electrons. The van der Waals surface area contributed by atoms with E-state index in [2.05, 4.69) is 140 Å². The van der Waals surface area contributed by atoms with Gasteiger partial charge in [0.1, 0.15) is 11.2 Å². The summed E-state index contributed by atoms with van der Waals surface area (Å²) in [6, 6.07) is 38.8. The number of nitrogens with zero attached hydrogens (tertiary/aromatic N) is 5. The molecule has 6 heteroatoms. The highest BCUT2D eigenvalue weighted by molar-refractivity contribution is 6.11. The number of hydrogen-bond acceptors (Lipinski definition) is 6. The topological polar surface area (TPSA) is 39.0 Å². The summed E-state index contributed by atoms with van der Waals surface area (Å²) in [5.74, 6) is 0. The Hall–Kier alpha value is -5.49. The van der Waals surface area contributed by atoms with Crippen molar-refractivity contribution in [2.24, 2.45) is 0 Å². The predicted molar refractivity (Wildman–Crippen MR) is 211 cm³/mol. The van der Waals surface area contributed by atoms with E-state index in [1.165, 1.54) is 71.8 Å². The van der Waals surface area contributed by atoms with Gasteiger partial charge in [-0.1, -0.05) is 73.5 Å². The zero-order valence-corrected chi connectivity index (χ0v) is 29.4. The van der Waals surface area contributed by atoms with E-state index >= 15 is 0 Å². The van der Waals surface area contributed by atoms with Crippen molar-refractivity contribution in [3.8, 4) is 11.3 Å². The lowest BCUT2D eigenvalue weighted by molar-refractivity contribution is 0.354. The lowest BCUT2D eigenvalue weighted by Gasteiger charge is -2.23. The Balaban J connectivity index is 0.749. The van der Waals surface area contributed by atoms with Gasteiger partial charge < -0.3 is 24.0 Å². The second-order valence-electron chi connectivity index (χ2n) is 13.9. The minimum absolute atomic E-state index is 0.928. The Kier molecular flexibility index (Phi) is 10.00. The fraction of sp³-hybridized carbons (Fsp3) is 0.267. The first kappa shape index (κ1) is 32.7. The number of hydrogen-bond donors (Lipinski definition) is 0. The molecule has 6 nitrogen and oxygen atoms in total. The number of benzene rings is 4. The number of para-hydroxylation sites is 2. The first-order valence-corrected chi connectivity index (χ1v) is 18.6. The van der Waals surface area contributed by atoms with Crippen LogP contribution in [0.4, 0.5) is 11.4 Å². The molecule has 0 saturated carbocycles. The van der Waals surface area contributed by atoms with E-state index < -0.39 is 0 Å². The highest BCUT2D eigenvalue weighted by Gasteiger charge is 2.18. The van der Waals surface area contributed by atoms with Gasteiger partial charge >= 0.3 is 0 Å². The number of furan rings is 1. The molecule has 2 aliphatic heterocycles. The molecule has 0 bridgehead atoms. The molecular weight excluding hydrogens is 627 g/mol. The van der Waals surface area contributed by atoms with Crippen LogP contribution in [0, 0.1) is 0 Å². The van der Waals surface area contributed by atoms with Crippen molar-refractivity contribution in [2.45, 2.75) is 51.4 Å². The summed E-state index contributed by atoms with van der Waals surface area (Å²) in [5.41, 5.74) is 9.24. The third kappa shape index (κ3) is 7.65. The van der Waals surface area contributed by atoms with Crippen LogP contribution in [0.25, 0.3) is 33.2 Å². The monoisotopic (exact) mass is 673 g/mol. The molecule has 4 aromatic carbocycles. The summed E-state index contributed by atoms with van der Waals surface area (Å²) in [5, 5.41) is 2.44. The normalized spacial score (nSPS) is 14.2. The van der Waals surface area contributed by atoms with Gasteiger partial charge in [0.15, 0.2) is 0 Å². The lowest BCUT2D eigenvalue weighted by atomic mass is 9.96. The third-order valence-electron chi connectivity index (χ3n) is 10.3. The number of aryl methyl sites for hydroxylation is 2. The van der Waals surface area contributed by atoms with Crippen LogP contribution in [-0.2, 0) is 12.8 Å². The Bertz CT molecular complexity index is 2090. The van der Waals surface area contributed by atoms with E-state index in [0.29, 0.717) is 0 Å². The summed E-state index contributed by atoms with van der Waals surface area (Å²) in [6.45, 7) is 4.05. The Morgan fingerprint density at radius 3 is 1.94 bits per heavy atom. The summed E-state index contributed by atoms with van der Waals surface area (Å²) >= 11 is 0. The summed E-state index contributed by atoms with van der Waals surface area (Å²) in [6.07, 6.45) is 20.2. The Morgan fingerprint density at radius 2 is 1.22 bits per heavy atom. The van der Waals surface area contributed by atoms with Crippen molar-refractivity contribution in [3.63, 3.8) is 0 Å². The van der Waals surface area contributed by atoms with Crippen LogP contribution in [0.3, 0.4) is 0 Å². The van der Waals surface area contributed by atoms with Crippen molar-refractivity contribution in [3.05, 3.63) is 151 Å². The maximum absolute atomic E-state index is 6.41. The van der Waals surface area contributed by atoms with E-state index in [-0.39, 0.29) is 0 Å². The van der Waals surface area contributed by atoms with Gasteiger partial charge in [0, 0.05) is 71.8 Å². The molecule has 0 N–H and O–H groups in total. The number of anilines is 2. The van der Waals surface area contributed by atoms with Gasteiger partial charge in [-0.25, -0.2) is 0 Å². The maximum atomic E-state index is 6.41. The smallest absolute Gasteiger partial charge is 0.145 e. The molecule has 8 rings (SSSR count). The molecule has 0 atom stereocenters. The molecule has 0 spiro atoms. The van der Waals surface area contributed by atoms with Gasteiger partial charge in [-0.15, -0.1) is 0 Å². The van der Waals surface area contributed by atoms with Gasteiger partial charge in [-0.3, -0.25) is 4.98 Å². The van der Waals surface area contributed by atoms with Crippen molar-refractivity contribution in [1.82, 2.24) is 14.8 Å². The molecule has 4 heterocycles. The second kappa shape index (κ2) is 15.6. The molecule has 0 saturated heterocycles. The molecular formula is C45H47N5O. The van der Waals surface area contributed by atoms with Crippen LogP contribution in [0.5, 0.6) is 0 Å². The van der Waals surface area contributed by atoms with Crippen molar-refractivity contribution >= 4 is 33.3 Å². The Morgan fingerprint density at radius 1 is 0.549 bits per heavy atom. The summed E-state index contributed by atoms with van der Waals surface area (Å²) in [7, 11) is 0. The van der Waals surface area contributed by atoms with E-state index in [9.17, 15) is 0 Å². The van der Waals surface area contributed by atoms with Crippen LogP contribution in [0.15, 0.2) is 145 Å². The number of rotatable bonds is 15. The van der Waals surface area contributed by atoms with Gasteiger partial charge in [0.05, 0.1) is 19.0 Å². The quantitative estimate of drug-likeness (QED) is 0.101. The maximum Gasteiger partial charge on any atom is 0.145 e. The predicted octanol–water partition coefficient (Wildman–Crippen LogP) is 10.6. The van der Waals surface area contributed by atoms with Gasteiger partial charge in [-0.2, -0.15) is 0 Å². The Labute approximate surface area is 301 Å². The standard InChI is InChI=1S/C45H47N5O/c1(2-5-15-37-23-26-40(42-19-10-11-27-46-42)45-44(37)41-18-8-9-20-43(41)51-45)4-14-36-21-24-39(25-22-36)50-33-31-48(35-50)29-13-12-28-47-30-32-49(34-47)38-16-6-3-7-17-38/h3,6-11,16-27,30-33H,1-2,4-5,12-15,28-29,34-35H2. The minimum atomic E-state index is 0.928. The number of pyridine rings is 1. The van der Waals surface area contributed by atoms with Crippen LogP contribution >= 0.6 is 0 Å². The van der Waals surface area contributed by atoms with Gasteiger partial charge in [0.2, 0.25) is 0 Å². The molecule has 0 fully saturated rings. The average Bonchev–Trinajstić information content (AvgIpc) is 3.95. The molecule has 6 aromatic rings. The first-order chi connectivity index (χ1) is 25.3. The highest BCUT2D eigenvalue weighted by Crippen LogP contribution is 2.38. The molecule has 51 heavy (non-hydrogen) atoms. The van der Waals surface area contributed by atoms with E-state index in [1.807, 2.05) is 24.4 Å². The molecule has 0 aliphatic carbocycles. The lowest BCUT2D eigenvalue weighted by Crippen LogP contribution is -2.27. The van der Waals surface area contributed by atoms with Crippen LogP contribution < -0.4 is 9.80 Å². The molecule has 0 amide bonds. The first-order valence-electron chi connectivity index (χ1n) is 18.6. The molecule has 0 unspecified atom stereocenters. The number of fused-ring (bicyclic) bond motifs is 3. The average molecular weight is 674 g/mol. The zero-order chi connectivity index (χ0) is 34.2. The highest BCUT2D eigenvalue weighted by atomic mass is 16.3.